The number of hydrogen-bond donors (Lipinski definition) is 0. The summed E-state index contributed by atoms with van der Waals surface area (Å²) in [6, 6.07) is 12.6. The van der Waals surface area contributed by atoms with E-state index in [1.54, 1.807) is 0 Å². The van der Waals surface area contributed by atoms with Gasteiger partial charge in [0.25, 0.3) is 0 Å². The molecule has 0 fully saturated rings. The molecule has 0 saturated heterocycles. The van der Waals surface area contributed by atoms with Crippen LogP contribution in [0.3, 0.4) is 0 Å². The van der Waals surface area contributed by atoms with E-state index in [1.807, 2.05) is 32.0 Å². The van der Waals surface area contributed by atoms with Gasteiger partial charge in [0.2, 0.25) is 0 Å². The summed E-state index contributed by atoms with van der Waals surface area (Å²) < 4.78 is 0. The van der Waals surface area contributed by atoms with Gasteiger partial charge in [-0.3, -0.25) is 4.79 Å². The van der Waals surface area contributed by atoms with Gasteiger partial charge in [-0.1, -0.05) is 36.4 Å². The molecule has 0 atom stereocenters. The average molecular weight is 264 g/mol. The van der Waals surface area contributed by atoms with Crippen molar-refractivity contribution in [2.24, 2.45) is 0 Å². The minimum absolute atomic E-state index is 0.235. The van der Waals surface area contributed by atoms with Crippen molar-refractivity contribution < 1.29 is 4.79 Å². The molecule has 0 radical (unpaired) electrons. The van der Waals surface area contributed by atoms with Crippen molar-refractivity contribution in [3.63, 3.8) is 0 Å². The Labute approximate surface area is 120 Å². The molecule has 0 heterocycles. The molecule has 1 nitrogen and oxygen atoms in total. The van der Waals surface area contributed by atoms with Gasteiger partial charge in [0.05, 0.1) is 0 Å². The van der Waals surface area contributed by atoms with Crippen LogP contribution in [0.4, 0.5) is 0 Å². The zero-order chi connectivity index (χ0) is 14.1. The second-order valence-corrected chi connectivity index (χ2v) is 5.82. The highest BCUT2D eigenvalue weighted by atomic mass is 16.1. The largest absolute Gasteiger partial charge is 0.294 e. The first-order chi connectivity index (χ1) is 9.65. The summed E-state index contributed by atoms with van der Waals surface area (Å²) in [5.41, 5.74) is 7.11. The lowest BCUT2D eigenvalue weighted by Gasteiger charge is -2.09. The molecule has 0 N–H and O–H groups in total. The SMILES string of the molecule is Cc1cccc(C)c1C(=O)Cc1ccc2c(c1)CCC2. The van der Waals surface area contributed by atoms with Gasteiger partial charge in [0.1, 0.15) is 0 Å². The fraction of sp³-hybridized carbons (Fsp3) is 0.316. The van der Waals surface area contributed by atoms with Gasteiger partial charge >= 0.3 is 0 Å². The lowest BCUT2D eigenvalue weighted by molar-refractivity contribution is 0.0992. The summed E-state index contributed by atoms with van der Waals surface area (Å²) >= 11 is 0. The fourth-order valence-electron chi connectivity index (χ4n) is 3.26. The Bertz CT molecular complexity index is 647. The molecule has 3 rings (SSSR count). The number of Topliss-reactive ketones (excluding diaryl/α,β-unsaturated/α-hetero) is 1. The summed E-state index contributed by atoms with van der Waals surface area (Å²) in [5, 5.41) is 0. The molecule has 0 bridgehead atoms. The minimum Gasteiger partial charge on any atom is -0.294 e. The van der Waals surface area contributed by atoms with Gasteiger partial charge in [-0.25, -0.2) is 0 Å². The van der Waals surface area contributed by atoms with Crippen LogP contribution in [-0.4, -0.2) is 5.78 Å². The van der Waals surface area contributed by atoms with E-state index in [0.29, 0.717) is 6.42 Å². The normalized spacial score (nSPS) is 13.3. The number of carbonyl (C=O) groups is 1. The molecule has 0 saturated carbocycles. The maximum atomic E-state index is 12.6. The second-order valence-electron chi connectivity index (χ2n) is 5.82. The predicted octanol–water partition coefficient (Wildman–Crippen LogP) is 4.22. The number of rotatable bonds is 3. The first kappa shape index (κ1) is 13.1. The number of hydrogen-bond acceptors (Lipinski definition) is 1. The molecule has 0 aliphatic heterocycles. The maximum Gasteiger partial charge on any atom is 0.167 e. The van der Waals surface area contributed by atoms with Crippen LogP contribution in [-0.2, 0) is 19.3 Å². The second kappa shape index (κ2) is 5.24. The quantitative estimate of drug-likeness (QED) is 0.759. The van der Waals surface area contributed by atoms with Gasteiger partial charge in [0.15, 0.2) is 5.78 Å². The van der Waals surface area contributed by atoms with E-state index in [1.165, 1.54) is 30.4 Å². The molecule has 102 valence electrons. The Morgan fingerprint density at radius 3 is 2.45 bits per heavy atom. The monoisotopic (exact) mass is 264 g/mol. The molecule has 1 aliphatic rings. The van der Waals surface area contributed by atoms with Crippen molar-refractivity contribution in [1.29, 1.82) is 0 Å². The third kappa shape index (κ3) is 2.40. The van der Waals surface area contributed by atoms with E-state index in [4.69, 9.17) is 0 Å². The lowest BCUT2D eigenvalue weighted by atomic mass is 9.94. The van der Waals surface area contributed by atoms with Gasteiger partial charge in [-0.15, -0.1) is 0 Å². The van der Waals surface area contributed by atoms with Crippen molar-refractivity contribution in [1.82, 2.24) is 0 Å². The van der Waals surface area contributed by atoms with Gasteiger partial charge in [-0.2, -0.15) is 0 Å². The topological polar surface area (TPSA) is 17.1 Å². The predicted molar refractivity (Wildman–Crippen MR) is 82.4 cm³/mol. The van der Waals surface area contributed by atoms with Gasteiger partial charge in [-0.05, 0) is 60.9 Å². The average Bonchev–Trinajstić information content (AvgIpc) is 2.85. The van der Waals surface area contributed by atoms with Crippen LogP contribution in [0, 0.1) is 13.8 Å². The maximum absolute atomic E-state index is 12.6. The van der Waals surface area contributed by atoms with E-state index < -0.39 is 0 Å². The number of aryl methyl sites for hydroxylation is 4. The van der Waals surface area contributed by atoms with Crippen LogP contribution >= 0.6 is 0 Å². The summed E-state index contributed by atoms with van der Waals surface area (Å²) in [6.45, 7) is 4.03. The molecule has 1 heteroatoms. The van der Waals surface area contributed by atoms with Crippen LogP contribution < -0.4 is 0 Å². The Balaban J connectivity index is 1.86. The summed E-state index contributed by atoms with van der Waals surface area (Å²) in [4.78, 5) is 12.6. The molecular formula is C19H20O. The van der Waals surface area contributed by atoms with Crippen molar-refractivity contribution in [3.8, 4) is 0 Å². The smallest absolute Gasteiger partial charge is 0.167 e. The highest BCUT2D eigenvalue weighted by Crippen LogP contribution is 2.24. The van der Waals surface area contributed by atoms with E-state index in [-0.39, 0.29) is 5.78 Å². The van der Waals surface area contributed by atoms with Crippen molar-refractivity contribution in [2.45, 2.75) is 39.5 Å². The molecule has 0 spiro atoms. The standard InChI is InChI=1S/C19H20O/c1-13-5-3-6-14(2)19(13)18(20)12-15-9-10-16-7-4-8-17(16)11-15/h3,5-6,9-11H,4,7-8,12H2,1-2H3. The number of ketones is 1. The molecule has 20 heavy (non-hydrogen) atoms. The molecule has 2 aromatic carbocycles. The third-order valence-electron chi connectivity index (χ3n) is 4.29. The van der Waals surface area contributed by atoms with Crippen LogP contribution in [0.25, 0.3) is 0 Å². The van der Waals surface area contributed by atoms with Crippen molar-refractivity contribution >= 4 is 5.78 Å². The van der Waals surface area contributed by atoms with E-state index in [2.05, 4.69) is 18.2 Å². The highest BCUT2D eigenvalue weighted by molar-refractivity contribution is 6.00. The van der Waals surface area contributed by atoms with Crippen molar-refractivity contribution in [3.05, 3.63) is 69.8 Å². The third-order valence-corrected chi connectivity index (χ3v) is 4.29. The van der Waals surface area contributed by atoms with Crippen LogP contribution in [0.5, 0.6) is 0 Å². The number of fused-ring (bicyclic) bond motifs is 1. The first-order valence-corrected chi connectivity index (χ1v) is 7.35. The summed E-state index contributed by atoms with van der Waals surface area (Å²) in [6.07, 6.45) is 4.13. The summed E-state index contributed by atoms with van der Waals surface area (Å²) in [5.74, 6) is 0.235. The van der Waals surface area contributed by atoms with Crippen LogP contribution in [0.1, 0.15) is 44.6 Å². The van der Waals surface area contributed by atoms with E-state index in [9.17, 15) is 4.79 Å². The van der Waals surface area contributed by atoms with Gasteiger partial charge < -0.3 is 0 Å². The molecule has 1 aliphatic carbocycles. The van der Waals surface area contributed by atoms with Gasteiger partial charge in [0, 0.05) is 12.0 Å². The minimum atomic E-state index is 0.235. The Morgan fingerprint density at radius 1 is 1.00 bits per heavy atom. The molecule has 0 aromatic heterocycles. The number of benzene rings is 2. The van der Waals surface area contributed by atoms with E-state index in [0.717, 1.165) is 22.3 Å². The molecular weight excluding hydrogens is 244 g/mol. The Hall–Kier alpha value is -1.89. The molecule has 0 unspecified atom stereocenters. The van der Waals surface area contributed by atoms with Crippen LogP contribution in [0.2, 0.25) is 0 Å². The molecule has 0 amide bonds. The summed E-state index contributed by atoms with van der Waals surface area (Å²) in [7, 11) is 0. The van der Waals surface area contributed by atoms with Crippen LogP contribution in [0.15, 0.2) is 36.4 Å². The fourth-order valence-corrected chi connectivity index (χ4v) is 3.26. The Kier molecular flexibility index (Phi) is 3.43. The number of carbonyl (C=O) groups excluding carboxylic acids is 1. The van der Waals surface area contributed by atoms with Crippen molar-refractivity contribution in [2.75, 3.05) is 0 Å². The Morgan fingerprint density at radius 2 is 1.70 bits per heavy atom. The zero-order valence-electron chi connectivity index (χ0n) is 12.2. The lowest BCUT2D eigenvalue weighted by Crippen LogP contribution is -2.08. The van der Waals surface area contributed by atoms with E-state index >= 15 is 0 Å². The highest BCUT2D eigenvalue weighted by Gasteiger charge is 2.15. The first-order valence-electron chi connectivity index (χ1n) is 7.35. The zero-order valence-corrected chi connectivity index (χ0v) is 12.2. The molecule has 2 aromatic rings.